The molecule has 2 fully saturated rings. The maximum atomic E-state index is 13.9. The number of aliphatic hydroxyl groups excluding tert-OH is 1. The molecule has 0 radical (unpaired) electrons. The molecule has 2 heterocycles. The Bertz CT molecular complexity index is 1160. The van der Waals surface area contributed by atoms with Gasteiger partial charge in [0, 0.05) is 50.2 Å². The number of rotatable bonds is 8. The highest BCUT2D eigenvalue weighted by Gasteiger charge is 2.35. The molecule has 2 aliphatic carbocycles. The molecule has 196 valence electrons. The van der Waals surface area contributed by atoms with Crippen molar-refractivity contribution >= 4 is 11.7 Å². The molecule has 0 spiro atoms. The van der Waals surface area contributed by atoms with E-state index >= 15 is 0 Å². The van der Waals surface area contributed by atoms with Gasteiger partial charge in [-0.1, -0.05) is 31.2 Å². The fourth-order valence-corrected chi connectivity index (χ4v) is 5.77. The van der Waals surface area contributed by atoms with Crippen LogP contribution in [0, 0.1) is 12.3 Å². The standard InChI is InChI=1S/C30H39N5O2/c1-5-12-30(3,4)33-18-24(23-10-8-22(9-11-23)21-6-7-21)29(37)35-15-13-34(14-16-35)28-26-20(2)17-25(36)27(26)31-19-32-28/h1,8-11,19-21,24-25,33,36H,6-7,12-18H2,2-4H3/t20-,24-,25+/m1/s1. The van der Waals surface area contributed by atoms with Gasteiger partial charge in [-0.2, -0.15) is 0 Å². The van der Waals surface area contributed by atoms with Crippen molar-refractivity contribution in [3.05, 3.63) is 53.0 Å². The summed E-state index contributed by atoms with van der Waals surface area (Å²) in [7, 11) is 0. The summed E-state index contributed by atoms with van der Waals surface area (Å²) in [6, 6.07) is 8.67. The molecule has 37 heavy (non-hydrogen) atoms. The number of carbonyl (C=O) groups excluding carboxylic acids is 1. The first-order valence-electron chi connectivity index (χ1n) is 13.6. The van der Waals surface area contributed by atoms with E-state index in [1.807, 2.05) is 4.90 Å². The van der Waals surface area contributed by atoms with Crippen molar-refractivity contribution in [1.29, 1.82) is 0 Å². The van der Waals surface area contributed by atoms with Crippen LogP contribution in [0.15, 0.2) is 30.6 Å². The van der Waals surface area contributed by atoms with Gasteiger partial charge < -0.3 is 20.2 Å². The van der Waals surface area contributed by atoms with Crippen molar-refractivity contribution in [2.75, 3.05) is 37.6 Å². The summed E-state index contributed by atoms with van der Waals surface area (Å²) < 4.78 is 0. The van der Waals surface area contributed by atoms with Gasteiger partial charge in [0.25, 0.3) is 0 Å². The fourth-order valence-electron chi connectivity index (χ4n) is 5.77. The molecule has 2 N–H and O–H groups in total. The van der Waals surface area contributed by atoms with Crippen molar-refractivity contribution in [3.8, 4) is 12.3 Å². The highest BCUT2D eigenvalue weighted by Crippen LogP contribution is 2.43. The Kier molecular flexibility index (Phi) is 7.24. The molecule has 0 unspecified atom stereocenters. The SMILES string of the molecule is C#CCC(C)(C)NC[C@@H](C(=O)N1CCN(c2ncnc3c2[C@H](C)C[C@@H]3O)CC1)c1ccc(C2CC2)cc1. The predicted octanol–water partition coefficient (Wildman–Crippen LogP) is 3.72. The second-order valence-electron chi connectivity index (χ2n) is 11.6. The maximum absolute atomic E-state index is 13.9. The van der Waals surface area contributed by atoms with Crippen LogP contribution >= 0.6 is 0 Å². The molecule has 1 aromatic carbocycles. The third-order valence-electron chi connectivity index (χ3n) is 8.18. The molecule has 5 rings (SSSR count). The summed E-state index contributed by atoms with van der Waals surface area (Å²) in [6.07, 6.45) is 10.4. The lowest BCUT2D eigenvalue weighted by Crippen LogP contribution is -2.52. The number of nitrogens with one attached hydrogen (secondary N) is 1. The topological polar surface area (TPSA) is 81.6 Å². The first kappa shape index (κ1) is 25.7. The van der Waals surface area contributed by atoms with Gasteiger partial charge in [0.15, 0.2) is 0 Å². The van der Waals surface area contributed by atoms with Crippen LogP contribution in [0.2, 0.25) is 0 Å². The number of hydrogen-bond acceptors (Lipinski definition) is 6. The average Bonchev–Trinajstić information content (AvgIpc) is 3.70. The van der Waals surface area contributed by atoms with E-state index in [0.29, 0.717) is 51.5 Å². The van der Waals surface area contributed by atoms with Gasteiger partial charge in [-0.3, -0.25) is 4.79 Å². The zero-order valence-electron chi connectivity index (χ0n) is 22.3. The van der Waals surface area contributed by atoms with Crippen molar-refractivity contribution in [1.82, 2.24) is 20.2 Å². The Morgan fingerprint density at radius 3 is 2.54 bits per heavy atom. The average molecular weight is 502 g/mol. The van der Waals surface area contributed by atoms with Gasteiger partial charge in [0.1, 0.15) is 12.1 Å². The van der Waals surface area contributed by atoms with Gasteiger partial charge in [-0.05, 0) is 56.1 Å². The van der Waals surface area contributed by atoms with Crippen LogP contribution in [-0.4, -0.2) is 64.1 Å². The first-order valence-corrected chi connectivity index (χ1v) is 13.6. The van der Waals surface area contributed by atoms with Crippen LogP contribution in [0.4, 0.5) is 5.82 Å². The summed E-state index contributed by atoms with van der Waals surface area (Å²) in [5.74, 6) is 4.45. The number of carbonyl (C=O) groups is 1. The monoisotopic (exact) mass is 501 g/mol. The smallest absolute Gasteiger partial charge is 0.231 e. The van der Waals surface area contributed by atoms with E-state index < -0.39 is 6.10 Å². The second kappa shape index (κ2) is 10.4. The van der Waals surface area contributed by atoms with Crippen LogP contribution in [0.25, 0.3) is 0 Å². The molecular weight excluding hydrogens is 462 g/mol. The van der Waals surface area contributed by atoms with Gasteiger partial charge in [-0.25, -0.2) is 9.97 Å². The largest absolute Gasteiger partial charge is 0.387 e. The van der Waals surface area contributed by atoms with Crippen molar-refractivity contribution in [2.24, 2.45) is 0 Å². The van der Waals surface area contributed by atoms with Crippen molar-refractivity contribution in [3.63, 3.8) is 0 Å². The zero-order chi connectivity index (χ0) is 26.2. The normalized spacial score (nSPS) is 22.5. The number of hydrogen-bond donors (Lipinski definition) is 2. The highest BCUT2D eigenvalue weighted by atomic mass is 16.3. The maximum Gasteiger partial charge on any atom is 0.231 e. The summed E-state index contributed by atoms with van der Waals surface area (Å²) in [6.45, 7) is 9.53. The van der Waals surface area contributed by atoms with Gasteiger partial charge in [0.2, 0.25) is 5.91 Å². The molecule has 1 amide bonds. The van der Waals surface area contributed by atoms with E-state index in [2.05, 4.69) is 71.1 Å². The molecule has 1 saturated heterocycles. The van der Waals surface area contributed by atoms with Gasteiger partial charge in [-0.15, -0.1) is 12.3 Å². The summed E-state index contributed by atoms with van der Waals surface area (Å²) >= 11 is 0. The lowest BCUT2D eigenvalue weighted by Gasteiger charge is -2.38. The van der Waals surface area contributed by atoms with Crippen LogP contribution in [0.1, 0.15) is 92.7 Å². The third kappa shape index (κ3) is 5.51. The lowest BCUT2D eigenvalue weighted by atomic mass is 9.93. The molecule has 1 saturated carbocycles. The number of aromatic nitrogens is 2. The Morgan fingerprint density at radius 1 is 1.19 bits per heavy atom. The molecule has 0 bridgehead atoms. The highest BCUT2D eigenvalue weighted by molar-refractivity contribution is 5.84. The fraction of sp³-hybridized carbons (Fsp3) is 0.567. The minimum Gasteiger partial charge on any atom is -0.387 e. The molecular formula is C30H39N5O2. The van der Waals surface area contributed by atoms with E-state index in [1.165, 1.54) is 18.4 Å². The number of anilines is 1. The van der Waals surface area contributed by atoms with Crippen molar-refractivity contribution < 1.29 is 9.90 Å². The minimum atomic E-state index is -0.520. The van der Waals surface area contributed by atoms with E-state index in [9.17, 15) is 9.90 Å². The van der Waals surface area contributed by atoms with Gasteiger partial charge >= 0.3 is 0 Å². The number of piperazine rings is 1. The predicted molar refractivity (Wildman–Crippen MR) is 146 cm³/mol. The molecule has 3 aliphatic rings. The van der Waals surface area contributed by atoms with Gasteiger partial charge in [0.05, 0.1) is 17.7 Å². The van der Waals surface area contributed by atoms with Crippen LogP contribution in [0.3, 0.4) is 0 Å². The van der Waals surface area contributed by atoms with Crippen LogP contribution in [0.5, 0.6) is 0 Å². The van der Waals surface area contributed by atoms with E-state index in [0.717, 1.165) is 22.6 Å². The van der Waals surface area contributed by atoms with Crippen LogP contribution in [-0.2, 0) is 4.79 Å². The van der Waals surface area contributed by atoms with E-state index in [4.69, 9.17) is 6.42 Å². The van der Waals surface area contributed by atoms with E-state index in [-0.39, 0.29) is 23.3 Å². The molecule has 3 atom stereocenters. The second-order valence-corrected chi connectivity index (χ2v) is 11.6. The summed E-state index contributed by atoms with van der Waals surface area (Å²) in [5, 5.41) is 13.9. The molecule has 7 nitrogen and oxygen atoms in total. The minimum absolute atomic E-state index is 0.152. The number of terminal acetylenes is 1. The summed E-state index contributed by atoms with van der Waals surface area (Å²) in [5.41, 5.74) is 4.00. The first-order chi connectivity index (χ1) is 17.8. The molecule has 2 aromatic rings. The zero-order valence-corrected chi connectivity index (χ0v) is 22.3. The number of amides is 1. The number of nitrogens with zero attached hydrogens (tertiary/aromatic N) is 4. The number of aliphatic hydroxyl groups is 1. The quantitative estimate of drug-likeness (QED) is 0.537. The lowest BCUT2D eigenvalue weighted by molar-refractivity contribution is -0.133. The Balaban J connectivity index is 1.30. The molecule has 7 heteroatoms. The summed E-state index contributed by atoms with van der Waals surface area (Å²) in [4.78, 5) is 27.1. The Hall–Kier alpha value is -2.95. The Labute approximate surface area is 220 Å². The molecule has 1 aliphatic heterocycles. The van der Waals surface area contributed by atoms with E-state index in [1.54, 1.807) is 6.33 Å². The van der Waals surface area contributed by atoms with Crippen molar-refractivity contribution in [2.45, 2.75) is 75.9 Å². The van der Waals surface area contributed by atoms with Crippen LogP contribution < -0.4 is 10.2 Å². The Morgan fingerprint density at radius 2 is 1.89 bits per heavy atom. The number of benzene rings is 1. The third-order valence-corrected chi connectivity index (χ3v) is 8.18. The molecule has 1 aromatic heterocycles. The number of fused-ring (bicyclic) bond motifs is 1.